The van der Waals surface area contributed by atoms with Crippen LogP contribution in [-0.2, 0) is 16.2 Å². The van der Waals surface area contributed by atoms with Crippen LogP contribution in [0.25, 0.3) is 0 Å². The maximum absolute atomic E-state index is 11.9. The molecule has 9 heteroatoms. The largest absolute Gasteiger partial charge is 0.452 e. The quantitative estimate of drug-likeness (QED) is 0.735. The summed E-state index contributed by atoms with van der Waals surface area (Å²) < 4.78 is 12.5. The number of rotatable bonds is 6. The standard InChI is InChI=1S/C19H22ClN5O3/c1-14-18(28-16-5-3-4-15(10-16)11-21)19(20)25(22-14)13-23-6-8-24(9-7-23)17(26)12-27-2/h3-5,10H,6-9,12-13H2,1-2H3. The van der Waals surface area contributed by atoms with Crippen LogP contribution in [-0.4, -0.2) is 65.4 Å². The zero-order valence-electron chi connectivity index (χ0n) is 15.9. The van der Waals surface area contributed by atoms with Gasteiger partial charge in [0.15, 0.2) is 10.9 Å². The Morgan fingerprint density at radius 2 is 2.07 bits per heavy atom. The van der Waals surface area contributed by atoms with E-state index in [-0.39, 0.29) is 12.5 Å². The molecule has 1 aliphatic rings. The molecule has 2 heterocycles. The van der Waals surface area contributed by atoms with Crippen molar-refractivity contribution in [1.82, 2.24) is 19.6 Å². The van der Waals surface area contributed by atoms with Crippen molar-refractivity contribution in [3.63, 3.8) is 0 Å². The minimum atomic E-state index is 0.00500. The maximum Gasteiger partial charge on any atom is 0.248 e. The lowest BCUT2D eigenvalue weighted by molar-refractivity contribution is -0.137. The van der Waals surface area contributed by atoms with Gasteiger partial charge in [0.2, 0.25) is 5.91 Å². The molecule has 3 rings (SSSR count). The van der Waals surface area contributed by atoms with Crippen molar-refractivity contribution in [3.8, 4) is 17.6 Å². The smallest absolute Gasteiger partial charge is 0.248 e. The molecule has 0 spiro atoms. The van der Waals surface area contributed by atoms with Gasteiger partial charge in [-0.25, -0.2) is 4.68 Å². The summed E-state index contributed by atoms with van der Waals surface area (Å²) >= 11 is 6.50. The fourth-order valence-corrected chi connectivity index (χ4v) is 3.30. The van der Waals surface area contributed by atoms with Gasteiger partial charge >= 0.3 is 0 Å². The molecule has 1 aromatic carbocycles. The second-order valence-electron chi connectivity index (χ2n) is 6.52. The van der Waals surface area contributed by atoms with Crippen molar-refractivity contribution >= 4 is 17.5 Å². The number of nitrogens with zero attached hydrogens (tertiary/aromatic N) is 5. The van der Waals surface area contributed by atoms with E-state index in [1.807, 2.05) is 6.92 Å². The molecule has 0 saturated carbocycles. The molecule has 0 aliphatic carbocycles. The summed E-state index contributed by atoms with van der Waals surface area (Å²) in [6.45, 7) is 5.18. The molecule has 1 amide bonds. The lowest BCUT2D eigenvalue weighted by atomic mass is 10.2. The summed E-state index contributed by atoms with van der Waals surface area (Å²) in [4.78, 5) is 15.9. The fraction of sp³-hybridized carbons (Fsp3) is 0.421. The van der Waals surface area contributed by atoms with Crippen LogP contribution in [0.2, 0.25) is 5.15 Å². The number of ether oxygens (including phenoxy) is 2. The highest BCUT2D eigenvalue weighted by molar-refractivity contribution is 6.31. The third kappa shape index (κ3) is 4.62. The van der Waals surface area contributed by atoms with Crippen molar-refractivity contribution in [3.05, 3.63) is 40.7 Å². The van der Waals surface area contributed by atoms with Gasteiger partial charge in [-0.1, -0.05) is 17.7 Å². The lowest BCUT2D eigenvalue weighted by Crippen LogP contribution is -2.49. The van der Waals surface area contributed by atoms with Crippen molar-refractivity contribution in [2.75, 3.05) is 39.9 Å². The predicted molar refractivity (Wildman–Crippen MR) is 103 cm³/mol. The summed E-state index contributed by atoms with van der Waals surface area (Å²) in [5, 5.41) is 13.9. The normalized spacial score (nSPS) is 14.7. The highest BCUT2D eigenvalue weighted by Gasteiger charge is 2.23. The number of piperazine rings is 1. The Kier molecular flexibility index (Phi) is 6.52. The van der Waals surface area contributed by atoms with Crippen molar-refractivity contribution in [1.29, 1.82) is 5.26 Å². The van der Waals surface area contributed by atoms with Gasteiger partial charge in [-0.3, -0.25) is 9.69 Å². The van der Waals surface area contributed by atoms with Crippen LogP contribution in [0.3, 0.4) is 0 Å². The molecule has 1 aliphatic heterocycles. The van der Waals surface area contributed by atoms with Crippen molar-refractivity contribution < 1.29 is 14.3 Å². The number of amides is 1. The van der Waals surface area contributed by atoms with E-state index in [1.54, 1.807) is 33.8 Å². The number of hydrogen-bond acceptors (Lipinski definition) is 6. The van der Waals surface area contributed by atoms with Gasteiger partial charge in [-0.2, -0.15) is 10.4 Å². The van der Waals surface area contributed by atoms with Gasteiger partial charge in [0, 0.05) is 33.3 Å². The third-order valence-electron chi connectivity index (χ3n) is 4.52. The Labute approximate surface area is 168 Å². The Morgan fingerprint density at radius 1 is 1.32 bits per heavy atom. The van der Waals surface area contributed by atoms with E-state index in [9.17, 15) is 4.79 Å². The first-order valence-corrected chi connectivity index (χ1v) is 9.29. The Bertz CT molecular complexity index is 884. The number of benzene rings is 1. The first-order valence-electron chi connectivity index (χ1n) is 8.91. The van der Waals surface area contributed by atoms with Gasteiger partial charge in [-0.15, -0.1) is 0 Å². The summed E-state index contributed by atoms with van der Waals surface area (Å²) in [6, 6.07) is 8.97. The van der Waals surface area contributed by atoms with Crippen LogP contribution in [0.15, 0.2) is 24.3 Å². The number of methoxy groups -OCH3 is 1. The second kappa shape index (κ2) is 9.06. The fourth-order valence-electron chi connectivity index (χ4n) is 3.04. The Hall–Kier alpha value is -2.60. The number of carbonyl (C=O) groups is 1. The Morgan fingerprint density at radius 3 is 2.75 bits per heavy atom. The lowest BCUT2D eigenvalue weighted by Gasteiger charge is -2.34. The molecule has 0 atom stereocenters. The molecule has 0 bridgehead atoms. The van der Waals surface area contributed by atoms with E-state index < -0.39 is 0 Å². The second-order valence-corrected chi connectivity index (χ2v) is 6.88. The van der Waals surface area contributed by atoms with Crippen molar-refractivity contribution in [2.45, 2.75) is 13.6 Å². The van der Waals surface area contributed by atoms with Gasteiger partial charge in [0.1, 0.15) is 18.1 Å². The SMILES string of the molecule is COCC(=O)N1CCN(Cn2nc(C)c(Oc3cccc(C#N)c3)c2Cl)CC1. The number of hydrogen-bond donors (Lipinski definition) is 0. The van der Waals surface area contributed by atoms with Gasteiger partial charge in [-0.05, 0) is 25.1 Å². The number of carbonyl (C=O) groups excluding carboxylic acids is 1. The zero-order valence-corrected chi connectivity index (χ0v) is 16.6. The van der Waals surface area contributed by atoms with Crippen LogP contribution in [0.4, 0.5) is 0 Å². The zero-order chi connectivity index (χ0) is 20.1. The Balaban J connectivity index is 1.64. The van der Waals surface area contributed by atoms with Crippen LogP contribution in [0, 0.1) is 18.3 Å². The molecule has 1 fully saturated rings. The number of halogens is 1. The van der Waals surface area contributed by atoms with E-state index in [2.05, 4.69) is 16.1 Å². The number of aryl methyl sites for hydroxylation is 1. The highest BCUT2D eigenvalue weighted by atomic mass is 35.5. The summed E-state index contributed by atoms with van der Waals surface area (Å²) in [5.74, 6) is 1.02. The van der Waals surface area contributed by atoms with Gasteiger partial charge < -0.3 is 14.4 Å². The molecule has 2 aromatic rings. The van der Waals surface area contributed by atoms with E-state index in [1.165, 1.54) is 7.11 Å². The first kappa shape index (κ1) is 20.1. The molecule has 0 unspecified atom stereocenters. The van der Waals surface area contributed by atoms with Crippen LogP contribution in [0.1, 0.15) is 11.3 Å². The summed E-state index contributed by atoms with van der Waals surface area (Å²) in [6.07, 6.45) is 0. The molecule has 1 saturated heterocycles. The molecular weight excluding hydrogens is 382 g/mol. The molecule has 0 radical (unpaired) electrons. The number of nitriles is 1. The minimum absolute atomic E-state index is 0.00500. The molecule has 28 heavy (non-hydrogen) atoms. The average Bonchev–Trinajstić information content (AvgIpc) is 2.96. The van der Waals surface area contributed by atoms with E-state index in [0.29, 0.717) is 47.7 Å². The molecule has 8 nitrogen and oxygen atoms in total. The highest BCUT2D eigenvalue weighted by Crippen LogP contribution is 2.33. The molecule has 148 valence electrons. The third-order valence-corrected chi connectivity index (χ3v) is 4.89. The van der Waals surface area contributed by atoms with Crippen LogP contribution in [0.5, 0.6) is 11.5 Å². The summed E-state index contributed by atoms with van der Waals surface area (Å²) in [5.41, 5.74) is 1.18. The average molecular weight is 404 g/mol. The van der Waals surface area contributed by atoms with Crippen LogP contribution < -0.4 is 4.74 Å². The first-order chi connectivity index (χ1) is 13.5. The van der Waals surface area contributed by atoms with Gasteiger partial charge in [0.05, 0.1) is 18.3 Å². The van der Waals surface area contributed by atoms with E-state index in [0.717, 1.165) is 13.1 Å². The molecular formula is C19H22ClN5O3. The van der Waals surface area contributed by atoms with E-state index in [4.69, 9.17) is 26.3 Å². The van der Waals surface area contributed by atoms with Gasteiger partial charge in [0.25, 0.3) is 0 Å². The van der Waals surface area contributed by atoms with Crippen LogP contribution >= 0.6 is 11.6 Å². The topological polar surface area (TPSA) is 83.6 Å². The monoisotopic (exact) mass is 403 g/mol. The van der Waals surface area contributed by atoms with E-state index >= 15 is 0 Å². The number of aromatic nitrogens is 2. The molecule has 1 aromatic heterocycles. The minimum Gasteiger partial charge on any atom is -0.452 e. The predicted octanol–water partition coefficient (Wildman–Crippen LogP) is 2.26. The summed E-state index contributed by atoms with van der Waals surface area (Å²) in [7, 11) is 1.52. The molecule has 0 N–H and O–H groups in total. The maximum atomic E-state index is 11.9. The van der Waals surface area contributed by atoms with Crippen molar-refractivity contribution in [2.24, 2.45) is 0 Å².